The number of hydrogen-bond acceptors (Lipinski definition) is 3. The minimum atomic E-state index is 0.359. The molecule has 0 amide bonds. The van der Waals surface area contributed by atoms with Crippen LogP contribution in [0.4, 0.5) is 0 Å². The maximum absolute atomic E-state index is 6.09. The quantitative estimate of drug-likeness (QED) is 0.398. The monoisotopic (exact) mass is 430 g/mol. The molecule has 2 rings (SSSR count). The standard InChI is InChI=1S/C16H17BrCl2N4O/c17-11-9-13(18)15(14(19)10-11)24-8-7-23-16(20)22-6-4-12-3-1-2-5-21-12/h1-3,5,9-10H,4,6-8H2,(H3,20,22,23). The Labute approximate surface area is 159 Å². The van der Waals surface area contributed by atoms with Gasteiger partial charge in [0, 0.05) is 29.3 Å². The van der Waals surface area contributed by atoms with Gasteiger partial charge in [-0.15, -0.1) is 0 Å². The van der Waals surface area contributed by atoms with Gasteiger partial charge in [-0.3, -0.25) is 9.98 Å². The van der Waals surface area contributed by atoms with Crippen molar-refractivity contribution in [3.63, 3.8) is 0 Å². The van der Waals surface area contributed by atoms with Crippen molar-refractivity contribution in [2.24, 2.45) is 10.7 Å². The molecule has 1 aromatic heterocycles. The molecule has 0 aliphatic rings. The predicted molar refractivity (Wildman–Crippen MR) is 102 cm³/mol. The zero-order valence-electron chi connectivity index (χ0n) is 12.8. The third-order valence-corrected chi connectivity index (χ3v) is 4.01. The zero-order chi connectivity index (χ0) is 17.4. The summed E-state index contributed by atoms with van der Waals surface area (Å²) in [7, 11) is 0. The molecule has 5 nitrogen and oxygen atoms in total. The summed E-state index contributed by atoms with van der Waals surface area (Å²) in [5, 5.41) is 3.88. The summed E-state index contributed by atoms with van der Waals surface area (Å²) in [6, 6.07) is 9.24. The molecule has 2 aromatic rings. The number of aliphatic imine (C=N–C) groups is 1. The molecule has 0 saturated carbocycles. The molecule has 0 atom stereocenters. The van der Waals surface area contributed by atoms with E-state index in [2.05, 4.69) is 31.2 Å². The molecule has 128 valence electrons. The number of nitrogens with zero attached hydrogens (tertiary/aromatic N) is 2. The Morgan fingerprint density at radius 2 is 2.04 bits per heavy atom. The van der Waals surface area contributed by atoms with E-state index in [-0.39, 0.29) is 0 Å². The van der Waals surface area contributed by atoms with Crippen LogP contribution in [0.25, 0.3) is 0 Å². The van der Waals surface area contributed by atoms with Crippen molar-refractivity contribution in [1.29, 1.82) is 0 Å². The van der Waals surface area contributed by atoms with Crippen molar-refractivity contribution in [3.05, 3.63) is 56.7 Å². The van der Waals surface area contributed by atoms with E-state index < -0.39 is 0 Å². The van der Waals surface area contributed by atoms with Crippen LogP contribution in [0.15, 0.2) is 46.0 Å². The Bertz CT molecular complexity index is 675. The Balaban J connectivity index is 1.71. The second-order valence-corrected chi connectivity index (χ2v) is 6.54. The Hall–Kier alpha value is -1.50. The van der Waals surface area contributed by atoms with Gasteiger partial charge in [0.25, 0.3) is 0 Å². The van der Waals surface area contributed by atoms with Crippen molar-refractivity contribution in [2.75, 3.05) is 19.7 Å². The number of aromatic nitrogens is 1. The number of benzene rings is 1. The minimum absolute atomic E-state index is 0.359. The molecule has 24 heavy (non-hydrogen) atoms. The van der Waals surface area contributed by atoms with E-state index in [1.807, 2.05) is 18.2 Å². The smallest absolute Gasteiger partial charge is 0.188 e. The highest BCUT2D eigenvalue weighted by Crippen LogP contribution is 2.35. The van der Waals surface area contributed by atoms with Gasteiger partial charge in [0.1, 0.15) is 6.61 Å². The van der Waals surface area contributed by atoms with E-state index in [0.717, 1.165) is 16.6 Å². The van der Waals surface area contributed by atoms with Gasteiger partial charge in [0.15, 0.2) is 11.7 Å². The molecule has 0 radical (unpaired) electrons. The van der Waals surface area contributed by atoms with Gasteiger partial charge >= 0.3 is 0 Å². The maximum Gasteiger partial charge on any atom is 0.188 e. The van der Waals surface area contributed by atoms with Crippen LogP contribution in [0.3, 0.4) is 0 Å². The molecule has 0 bridgehead atoms. The van der Waals surface area contributed by atoms with Crippen LogP contribution >= 0.6 is 39.1 Å². The van der Waals surface area contributed by atoms with Crippen LogP contribution in [-0.2, 0) is 6.42 Å². The first kappa shape index (κ1) is 18.8. The fraction of sp³-hybridized carbons (Fsp3) is 0.250. The summed E-state index contributed by atoms with van der Waals surface area (Å²) in [6.45, 7) is 1.42. The van der Waals surface area contributed by atoms with E-state index in [4.69, 9.17) is 33.7 Å². The highest BCUT2D eigenvalue weighted by molar-refractivity contribution is 9.10. The Kier molecular flexibility index (Phi) is 7.62. The van der Waals surface area contributed by atoms with Crippen LogP contribution in [0.5, 0.6) is 5.75 Å². The zero-order valence-corrected chi connectivity index (χ0v) is 15.9. The number of nitrogens with two attached hydrogens (primary N) is 1. The molecule has 1 aromatic carbocycles. The van der Waals surface area contributed by atoms with Crippen molar-refractivity contribution in [2.45, 2.75) is 6.42 Å². The highest BCUT2D eigenvalue weighted by atomic mass is 79.9. The number of pyridine rings is 1. The molecule has 0 aliphatic heterocycles. The number of rotatable bonds is 7. The Morgan fingerprint density at radius 3 is 2.71 bits per heavy atom. The SMILES string of the molecule is NC(=NCCc1ccccn1)NCCOc1c(Cl)cc(Br)cc1Cl. The summed E-state index contributed by atoms with van der Waals surface area (Å²) in [4.78, 5) is 8.47. The fourth-order valence-corrected chi connectivity index (χ4v) is 3.21. The highest BCUT2D eigenvalue weighted by Gasteiger charge is 2.08. The maximum atomic E-state index is 6.09. The lowest BCUT2D eigenvalue weighted by atomic mass is 10.3. The number of nitrogens with one attached hydrogen (secondary N) is 1. The molecule has 1 heterocycles. The van der Waals surface area contributed by atoms with Gasteiger partial charge in [0.2, 0.25) is 0 Å². The van der Waals surface area contributed by atoms with E-state index >= 15 is 0 Å². The molecule has 0 aliphatic carbocycles. The van der Waals surface area contributed by atoms with Gasteiger partial charge in [-0.2, -0.15) is 0 Å². The lowest BCUT2D eigenvalue weighted by molar-refractivity contribution is 0.322. The van der Waals surface area contributed by atoms with E-state index in [0.29, 0.717) is 41.5 Å². The number of guanidine groups is 1. The largest absolute Gasteiger partial charge is 0.489 e. The first-order valence-electron chi connectivity index (χ1n) is 7.27. The van der Waals surface area contributed by atoms with E-state index in [1.54, 1.807) is 18.3 Å². The molecular weight excluding hydrogens is 415 g/mol. The molecule has 0 fully saturated rings. The Morgan fingerprint density at radius 1 is 1.29 bits per heavy atom. The second-order valence-electron chi connectivity index (χ2n) is 4.81. The minimum Gasteiger partial charge on any atom is -0.489 e. The van der Waals surface area contributed by atoms with Crippen LogP contribution in [0.1, 0.15) is 5.69 Å². The molecule has 0 saturated heterocycles. The predicted octanol–water partition coefficient (Wildman–Crippen LogP) is 3.68. The van der Waals surface area contributed by atoms with Gasteiger partial charge in [0.05, 0.1) is 16.6 Å². The summed E-state index contributed by atoms with van der Waals surface area (Å²) in [5.41, 5.74) is 6.78. The second kappa shape index (κ2) is 9.71. The molecule has 8 heteroatoms. The van der Waals surface area contributed by atoms with Crippen LogP contribution in [0.2, 0.25) is 10.0 Å². The average Bonchev–Trinajstić information content (AvgIpc) is 2.54. The van der Waals surface area contributed by atoms with Crippen LogP contribution < -0.4 is 15.8 Å². The van der Waals surface area contributed by atoms with Crippen molar-refractivity contribution >= 4 is 45.1 Å². The number of ether oxygens (including phenoxy) is 1. The van der Waals surface area contributed by atoms with Gasteiger partial charge in [-0.25, -0.2) is 0 Å². The van der Waals surface area contributed by atoms with Gasteiger partial charge in [-0.05, 0) is 24.3 Å². The van der Waals surface area contributed by atoms with Crippen molar-refractivity contribution in [1.82, 2.24) is 10.3 Å². The number of hydrogen-bond donors (Lipinski definition) is 2. The van der Waals surface area contributed by atoms with E-state index in [9.17, 15) is 0 Å². The first-order valence-corrected chi connectivity index (χ1v) is 8.82. The van der Waals surface area contributed by atoms with Gasteiger partial charge < -0.3 is 15.8 Å². The first-order chi connectivity index (χ1) is 11.6. The lowest BCUT2D eigenvalue weighted by Crippen LogP contribution is -2.35. The van der Waals surface area contributed by atoms with Gasteiger partial charge in [-0.1, -0.05) is 45.2 Å². The lowest BCUT2D eigenvalue weighted by Gasteiger charge is -2.11. The fourth-order valence-electron chi connectivity index (χ4n) is 1.89. The molecule has 0 spiro atoms. The summed E-state index contributed by atoms with van der Waals surface area (Å²) in [6.07, 6.45) is 2.50. The van der Waals surface area contributed by atoms with E-state index in [1.165, 1.54) is 0 Å². The third kappa shape index (κ3) is 6.19. The average molecular weight is 432 g/mol. The number of halogens is 3. The van der Waals surface area contributed by atoms with Crippen LogP contribution in [0, 0.1) is 0 Å². The topological polar surface area (TPSA) is 72.5 Å². The molecular formula is C16H17BrCl2N4O. The molecule has 0 unspecified atom stereocenters. The summed E-state index contributed by atoms with van der Waals surface area (Å²) >= 11 is 15.5. The normalized spacial score (nSPS) is 11.4. The van der Waals surface area contributed by atoms with Crippen molar-refractivity contribution in [3.8, 4) is 5.75 Å². The molecule has 3 N–H and O–H groups in total. The third-order valence-electron chi connectivity index (χ3n) is 2.99. The van der Waals surface area contributed by atoms with Crippen LogP contribution in [-0.4, -0.2) is 30.6 Å². The summed E-state index contributed by atoms with van der Waals surface area (Å²) in [5.74, 6) is 0.816. The summed E-state index contributed by atoms with van der Waals surface area (Å²) < 4.78 is 6.38. The van der Waals surface area contributed by atoms with Crippen molar-refractivity contribution < 1.29 is 4.74 Å².